The Balaban J connectivity index is 2.10. The fourth-order valence-electron chi connectivity index (χ4n) is 1.10. The lowest BCUT2D eigenvalue weighted by molar-refractivity contribution is 0.149. The SMILES string of the molecule is CCOCCNC(=O)NCc1cnc(C)s1. The molecule has 0 aromatic carbocycles. The molecule has 90 valence electrons. The Morgan fingerprint density at radius 2 is 2.38 bits per heavy atom. The maximum atomic E-state index is 11.3. The highest BCUT2D eigenvalue weighted by molar-refractivity contribution is 7.11. The maximum Gasteiger partial charge on any atom is 0.315 e. The van der Waals surface area contributed by atoms with Crippen molar-refractivity contribution in [2.45, 2.75) is 20.4 Å². The van der Waals surface area contributed by atoms with Crippen LogP contribution in [0.3, 0.4) is 0 Å². The summed E-state index contributed by atoms with van der Waals surface area (Å²) in [5.41, 5.74) is 0. The third kappa shape index (κ3) is 5.09. The zero-order valence-electron chi connectivity index (χ0n) is 9.58. The summed E-state index contributed by atoms with van der Waals surface area (Å²) in [5.74, 6) is 0. The van der Waals surface area contributed by atoms with Crippen molar-refractivity contribution in [3.8, 4) is 0 Å². The molecule has 0 aliphatic rings. The van der Waals surface area contributed by atoms with Crippen molar-refractivity contribution in [3.05, 3.63) is 16.1 Å². The van der Waals surface area contributed by atoms with Gasteiger partial charge in [0.05, 0.1) is 18.2 Å². The second-order valence-corrected chi connectivity index (χ2v) is 4.47. The first-order valence-electron chi connectivity index (χ1n) is 5.23. The Bertz CT molecular complexity index is 328. The number of rotatable bonds is 6. The minimum Gasteiger partial charge on any atom is -0.380 e. The standard InChI is InChI=1S/C10H17N3O2S/c1-3-15-5-4-11-10(14)13-7-9-6-12-8(2)16-9/h6H,3-5,7H2,1-2H3,(H2,11,13,14). The fourth-order valence-corrected chi connectivity index (χ4v) is 1.83. The van der Waals surface area contributed by atoms with Crippen LogP contribution in [0.1, 0.15) is 16.8 Å². The molecule has 0 saturated carbocycles. The number of nitrogens with one attached hydrogen (secondary N) is 2. The van der Waals surface area contributed by atoms with Gasteiger partial charge >= 0.3 is 6.03 Å². The molecule has 1 aromatic rings. The van der Waals surface area contributed by atoms with Crippen molar-refractivity contribution in [2.75, 3.05) is 19.8 Å². The number of carbonyl (C=O) groups is 1. The molecule has 1 aromatic heterocycles. The number of thiazole rings is 1. The molecule has 0 saturated heterocycles. The molecule has 0 radical (unpaired) electrons. The van der Waals surface area contributed by atoms with Crippen LogP contribution in [-0.2, 0) is 11.3 Å². The smallest absolute Gasteiger partial charge is 0.315 e. The highest BCUT2D eigenvalue weighted by atomic mass is 32.1. The van der Waals surface area contributed by atoms with Gasteiger partial charge in [0, 0.05) is 24.2 Å². The number of carbonyl (C=O) groups excluding carboxylic acids is 1. The molecule has 5 nitrogen and oxygen atoms in total. The number of urea groups is 1. The lowest BCUT2D eigenvalue weighted by atomic mass is 10.5. The fraction of sp³-hybridized carbons (Fsp3) is 0.600. The number of aromatic nitrogens is 1. The van der Waals surface area contributed by atoms with Gasteiger partial charge in [-0.3, -0.25) is 0 Å². The zero-order valence-corrected chi connectivity index (χ0v) is 10.4. The van der Waals surface area contributed by atoms with E-state index in [1.807, 2.05) is 13.8 Å². The quantitative estimate of drug-likeness (QED) is 0.740. The Morgan fingerprint density at radius 3 is 3.00 bits per heavy atom. The van der Waals surface area contributed by atoms with Crippen LogP contribution < -0.4 is 10.6 Å². The summed E-state index contributed by atoms with van der Waals surface area (Å²) in [7, 11) is 0. The second kappa shape index (κ2) is 7.19. The van der Waals surface area contributed by atoms with Gasteiger partial charge in [-0.25, -0.2) is 9.78 Å². The summed E-state index contributed by atoms with van der Waals surface area (Å²) in [6.07, 6.45) is 1.78. The molecule has 6 heteroatoms. The van der Waals surface area contributed by atoms with Crippen LogP contribution in [0.15, 0.2) is 6.20 Å². The van der Waals surface area contributed by atoms with Gasteiger partial charge in [0.15, 0.2) is 0 Å². The molecule has 0 spiro atoms. The van der Waals surface area contributed by atoms with Gasteiger partial charge in [0.25, 0.3) is 0 Å². The number of hydrogen-bond donors (Lipinski definition) is 2. The molecule has 16 heavy (non-hydrogen) atoms. The van der Waals surface area contributed by atoms with E-state index in [1.54, 1.807) is 17.5 Å². The van der Waals surface area contributed by atoms with Crippen LogP contribution in [-0.4, -0.2) is 30.8 Å². The monoisotopic (exact) mass is 243 g/mol. The summed E-state index contributed by atoms with van der Waals surface area (Å²) in [6, 6.07) is -0.175. The Kier molecular flexibility index (Phi) is 5.81. The van der Waals surface area contributed by atoms with Crippen LogP contribution >= 0.6 is 11.3 Å². The topological polar surface area (TPSA) is 63.2 Å². The molecule has 2 N–H and O–H groups in total. The highest BCUT2D eigenvalue weighted by Crippen LogP contribution is 2.10. The van der Waals surface area contributed by atoms with E-state index in [4.69, 9.17) is 4.74 Å². The average molecular weight is 243 g/mol. The van der Waals surface area contributed by atoms with E-state index in [0.29, 0.717) is 26.3 Å². The van der Waals surface area contributed by atoms with Gasteiger partial charge in [-0.15, -0.1) is 11.3 Å². The van der Waals surface area contributed by atoms with Gasteiger partial charge in [-0.2, -0.15) is 0 Å². The summed E-state index contributed by atoms with van der Waals surface area (Å²) < 4.78 is 5.10. The molecule has 1 heterocycles. The normalized spacial score (nSPS) is 10.1. The Labute approximate surface area is 99.2 Å². The second-order valence-electron chi connectivity index (χ2n) is 3.15. The first kappa shape index (κ1) is 12.9. The largest absolute Gasteiger partial charge is 0.380 e. The van der Waals surface area contributed by atoms with E-state index < -0.39 is 0 Å². The van der Waals surface area contributed by atoms with Gasteiger partial charge < -0.3 is 15.4 Å². The molecular formula is C10H17N3O2S. The highest BCUT2D eigenvalue weighted by Gasteiger charge is 2.01. The summed E-state index contributed by atoms with van der Waals surface area (Å²) in [6.45, 7) is 6.13. The van der Waals surface area contributed by atoms with Crippen LogP contribution in [0.25, 0.3) is 0 Å². The molecule has 0 fully saturated rings. The molecule has 0 bridgehead atoms. The predicted molar refractivity (Wildman–Crippen MR) is 63.6 cm³/mol. The van der Waals surface area contributed by atoms with Crippen molar-refractivity contribution in [1.29, 1.82) is 0 Å². The zero-order chi connectivity index (χ0) is 11.8. The minimum absolute atomic E-state index is 0.175. The van der Waals surface area contributed by atoms with E-state index in [1.165, 1.54) is 0 Å². The van der Waals surface area contributed by atoms with Crippen molar-refractivity contribution in [2.24, 2.45) is 0 Å². The predicted octanol–water partition coefficient (Wildman–Crippen LogP) is 1.29. The van der Waals surface area contributed by atoms with E-state index >= 15 is 0 Å². The van der Waals surface area contributed by atoms with Crippen molar-refractivity contribution in [1.82, 2.24) is 15.6 Å². The Morgan fingerprint density at radius 1 is 1.56 bits per heavy atom. The first-order valence-corrected chi connectivity index (χ1v) is 6.04. The molecule has 0 aliphatic carbocycles. The number of ether oxygens (including phenoxy) is 1. The molecule has 0 unspecified atom stereocenters. The summed E-state index contributed by atoms with van der Waals surface area (Å²) in [5, 5.41) is 6.47. The van der Waals surface area contributed by atoms with Crippen molar-refractivity contribution in [3.63, 3.8) is 0 Å². The molecule has 0 aliphatic heterocycles. The van der Waals surface area contributed by atoms with Crippen LogP contribution in [0.5, 0.6) is 0 Å². The Hall–Kier alpha value is -1.14. The summed E-state index contributed by atoms with van der Waals surface area (Å²) in [4.78, 5) is 16.5. The molecular weight excluding hydrogens is 226 g/mol. The minimum atomic E-state index is -0.175. The number of amides is 2. The number of hydrogen-bond acceptors (Lipinski definition) is 4. The summed E-state index contributed by atoms with van der Waals surface area (Å²) >= 11 is 1.58. The van der Waals surface area contributed by atoms with Gasteiger partial charge in [-0.05, 0) is 13.8 Å². The maximum absolute atomic E-state index is 11.3. The molecule has 2 amide bonds. The van der Waals surface area contributed by atoms with Gasteiger partial charge in [-0.1, -0.05) is 0 Å². The van der Waals surface area contributed by atoms with E-state index in [0.717, 1.165) is 9.88 Å². The third-order valence-electron chi connectivity index (χ3n) is 1.83. The van der Waals surface area contributed by atoms with Crippen molar-refractivity contribution < 1.29 is 9.53 Å². The van der Waals surface area contributed by atoms with Crippen LogP contribution in [0.4, 0.5) is 4.79 Å². The average Bonchev–Trinajstić information content (AvgIpc) is 2.68. The lowest BCUT2D eigenvalue weighted by Gasteiger charge is -2.06. The molecule has 1 rings (SSSR count). The van der Waals surface area contributed by atoms with E-state index in [2.05, 4.69) is 15.6 Å². The van der Waals surface area contributed by atoms with Crippen LogP contribution in [0.2, 0.25) is 0 Å². The van der Waals surface area contributed by atoms with Gasteiger partial charge in [0.1, 0.15) is 0 Å². The lowest BCUT2D eigenvalue weighted by Crippen LogP contribution is -2.36. The van der Waals surface area contributed by atoms with Crippen LogP contribution in [0, 0.1) is 6.92 Å². The van der Waals surface area contributed by atoms with Gasteiger partial charge in [0.2, 0.25) is 0 Å². The number of aryl methyl sites for hydroxylation is 1. The van der Waals surface area contributed by atoms with E-state index in [-0.39, 0.29) is 6.03 Å². The number of nitrogens with zero attached hydrogens (tertiary/aromatic N) is 1. The first-order chi connectivity index (χ1) is 7.72. The van der Waals surface area contributed by atoms with Crippen molar-refractivity contribution >= 4 is 17.4 Å². The van der Waals surface area contributed by atoms with E-state index in [9.17, 15) is 4.79 Å². The third-order valence-corrected chi connectivity index (χ3v) is 2.74. The molecule has 0 atom stereocenters.